The third-order valence-electron chi connectivity index (χ3n) is 5.41. The lowest BCUT2D eigenvalue weighted by Gasteiger charge is -2.48. The van der Waals surface area contributed by atoms with Crippen LogP contribution >= 0.6 is 0 Å². The average molecular weight is 238 g/mol. The minimum atomic E-state index is 0.387. The van der Waals surface area contributed by atoms with Crippen molar-refractivity contribution in [1.29, 1.82) is 0 Å². The van der Waals surface area contributed by atoms with Gasteiger partial charge in [0, 0.05) is 24.7 Å². The topological polar surface area (TPSA) is 15.3 Å². The number of hydrogen-bond donors (Lipinski definition) is 1. The zero-order valence-electron chi connectivity index (χ0n) is 12.1. The van der Waals surface area contributed by atoms with Crippen LogP contribution in [0.15, 0.2) is 0 Å². The van der Waals surface area contributed by atoms with Crippen molar-refractivity contribution in [3.05, 3.63) is 0 Å². The molecule has 1 heterocycles. The van der Waals surface area contributed by atoms with Crippen LogP contribution in [-0.4, -0.2) is 36.6 Å². The summed E-state index contributed by atoms with van der Waals surface area (Å²) >= 11 is 0. The Hall–Kier alpha value is -0.0800. The Kier molecular flexibility index (Phi) is 4.14. The molecule has 0 aromatic rings. The van der Waals surface area contributed by atoms with Crippen molar-refractivity contribution in [1.82, 2.24) is 10.2 Å². The fourth-order valence-corrected chi connectivity index (χ4v) is 3.95. The van der Waals surface area contributed by atoms with Crippen molar-refractivity contribution in [2.75, 3.05) is 20.1 Å². The van der Waals surface area contributed by atoms with Gasteiger partial charge in [0.25, 0.3) is 0 Å². The summed E-state index contributed by atoms with van der Waals surface area (Å²) in [5.74, 6) is 1.80. The molecule has 100 valence electrons. The summed E-state index contributed by atoms with van der Waals surface area (Å²) in [7, 11) is 2.11. The van der Waals surface area contributed by atoms with Gasteiger partial charge in [-0.05, 0) is 51.5 Å². The monoisotopic (exact) mass is 238 g/mol. The summed E-state index contributed by atoms with van der Waals surface area (Å²) in [5.41, 5.74) is 0.387. The van der Waals surface area contributed by atoms with Gasteiger partial charge in [-0.3, -0.25) is 4.90 Å². The fraction of sp³-hybridized carbons (Fsp3) is 1.00. The summed E-state index contributed by atoms with van der Waals surface area (Å²) in [5, 5.41) is 3.50. The predicted octanol–water partition coefficient (Wildman–Crippen LogP) is 2.89. The van der Waals surface area contributed by atoms with Crippen LogP contribution in [0.1, 0.15) is 52.9 Å². The largest absolute Gasteiger partial charge is 0.314 e. The molecule has 2 aliphatic rings. The van der Waals surface area contributed by atoms with Crippen molar-refractivity contribution < 1.29 is 0 Å². The Morgan fingerprint density at radius 3 is 2.06 bits per heavy atom. The quantitative estimate of drug-likeness (QED) is 0.796. The van der Waals surface area contributed by atoms with E-state index in [4.69, 9.17) is 0 Å². The summed E-state index contributed by atoms with van der Waals surface area (Å²) < 4.78 is 0. The van der Waals surface area contributed by atoms with Crippen LogP contribution in [0.25, 0.3) is 0 Å². The lowest BCUT2D eigenvalue weighted by atomic mass is 9.76. The van der Waals surface area contributed by atoms with E-state index in [2.05, 4.69) is 38.0 Å². The maximum absolute atomic E-state index is 3.50. The molecule has 17 heavy (non-hydrogen) atoms. The van der Waals surface area contributed by atoms with Gasteiger partial charge in [-0.2, -0.15) is 0 Å². The first-order valence-corrected chi connectivity index (χ1v) is 7.49. The molecule has 2 unspecified atom stereocenters. The second-order valence-electron chi connectivity index (χ2n) is 6.72. The molecule has 0 amide bonds. The first kappa shape index (κ1) is 13.4. The highest BCUT2D eigenvalue weighted by molar-refractivity contribution is 4.93. The average Bonchev–Trinajstić information content (AvgIpc) is 2.31. The van der Waals surface area contributed by atoms with Crippen molar-refractivity contribution in [3.8, 4) is 0 Å². The highest BCUT2D eigenvalue weighted by Crippen LogP contribution is 2.35. The highest BCUT2D eigenvalue weighted by atomic mass is 15.2. The zero-order chi connectivity index (χ0) is 12.5. The molecule has 0 aromatic heterocycles. The van der Waals surface area contributed by atoms with Gasteiger partial charge in [-0.15, -0.1) is 0 Å². The third kappa shape index (κ3) is 2.85. The Balaban J connectivity index is 1.95. The minimum absolute atomic E-state index is 0.387. The van der Waals surface area contributed by atoms with Crippen molar-refractivity contribution in [2.24, 2.45) is 11.8 Å². The number of rotatable bonds is 2. The fourth-order valence-electron chi connectivity index (χ4n) is 3.95. The zero-order valence-corrected chi connectivity index (χ0v) is 12.1. The summed E-state index contributed by atoms with van der Waals surface area (Å²) in [4.78, 5) is 2.79. The van der Waals surface area contributed by atoms with Crippen molar-refractivity contribution in [2.45, 2.75) is 64.5 Å². The SMILES string of the molecule is CNC1(C)CCN(C2C(C)CCCC2C)CC1. The molecule has 1 aliphatic heterocycles. The molecule has 1 aliphatic carbocycles. The maximum Gasteiger partial charge on any atom is 0.0174 e. The van der Waals surface area contributed by atoms with Gasteiger partial charge in [-0.1, -0.05) is 20.3 Å². The second-order valence-corrected chi connectivity index (χ2v) is 6.72. The molecule has 1 saturated carbocycles. The Morgan fingerprint density at radius 1 is 1.06 bits per heavy atom. The molecule has 0 radical (unpaired) electrons. The van der Waals surface area contributed by atoms with Crippen LogP contribution in [0.4, 0.5) is 0 Å². The molecule has 1 N–H and O–H groups in total. The molecule has 2 fully saturated rings. The molecular formula is C15H30N2. The van der Waals surface area contributed by atoms with Crippen LogP contribution in [-0.2, 0) is 0 Å². The third-order valence-corrected chi connectivity index (χ3v) is 5.41. The van der Waals surface area contributed by atoms with Crippen LogP contribution < -0.4 is 5.32 Å². The summed E-state index contributed by atoms with van der Waals surface area (Å²) in [6.45, 7) is 9.88. The van der Waals surface area contributed by atoms with Crippen LogP contribution in [0.3, 0.4) is 0 Å². The normalized spacial score (nSPS) is 39.2. The molecule has 0 bridgehead atoms. The van der Waals surface area contributed by atoms with Gasteiger partial charge < -0.3 is 5.32 Å². The predicted molar refractivity (Wildman–Crippen MR) is 74.2 cm³/mol. The van der Waals surface area contributed by atoms with E-state index in [9.17, 15) is 0 Å². The number of likely N-dealkylation sites (tertiary alicyclic amines) is 1. The first-order chi connectivity index (χ1) is 8.06. The van der Waals surface area contributed by atoms with E-state index >= 15 is 0 Å². The Morgan fingerprint density at radius 2 is 1.59 bits per heavy atom. The molecule has 2 rings (SSSR count). The highest BCUT2D eigenvalue weighted by Gasteiger charge is 2.36. The van der Waals surface area contributed by atoms with Gasteiger partial charge >= 0.3 is 0 Å². The lowest BCUT2D eigenvalue weighted by Crippen LogP contribution is -2.55. The lowest BCUT2D eigenvalue weighted by molar-refractivity contribution is 0.0324. The molecule has 2 nitrogen and oxygen atoms in total. The van der Waals surface area contributed by atoms with Gasteiger partial charge in [0.15, 0.2) is 0 Å². The Bertz CT molecular complexity index is 233. The second kappa shape index (κ2) is 5.27. The van der Waals surface area contributed by atoms with Gasteiger partial charge in [0.1, 0.15) is 0 Å². The molecule has 0 aromatic carbocycles. The van der Waals surface area contributed by atoms with Gasteiger partial charge in [0.2, 0.25) is 0 Å². The standard InChI is InChI=1S/C15H30N2/c1-12-6-5-7-13(2)14(12)17-10-8-15(3,16-4)9-11-17/h12-14,16H,5-11H2,1-4H3. The number of piperidine rings is 1. The van der Waals surface area contributed by atoms with E-state index < -0.39 is 0 Å². The van der Waals surface area contributed by atoms with Crippen molar-refractivity contribution >= 4 is 0 Å². The van der Waals surface area contributed by atoms with E-state index in [1.54, 1.807) is 0 Å². The molecule has 1 saturated heterocycles. The van der Waals surface area contributed by atoms with E-state index in [1.165, 1.54) is 45.2 Å². The number of hydrogen-bond acceptors (Lipinski definition) is 2. The van der Waals surface area contributed by atoms with Crippen LogP contribution in [0, 0.1) is 11.8 Å². The van der Waals surface area contributed by atoms with E-state index in [-0.39, 0.29) is 0 Å². The molecule has 0 spiro atoms. The molecule has 2 heteroatoms. The van der Waals surface area contributed by atoms with Gasteiger partial charge in [0.05, 0.1) is 0 Å². The smallest absolute Gasteiger partial charge is 0.0174 e. The summed E-state index contributed by atoms with van der Waals surface area (Å²) in [6, 6.07) is 0.852. The minimum Gasteiger partial charge on any atom is -0.314 e. The first-order valence-electron chi connectivity index (χ1n) is 7.49. The molecule has 2 atom stereocenters. The van der Waals surface area contributed by atoms with E-state index in [0.29, 0.717) is 5.54 Å². The van der Waals surface area contributed by atoms with Crippen molar-refractivity contribution in [3.63, 3.8) is 0 Å². The van der Waals surface area contributed by atoms with E-state index in [0.717, 1.165) is 17.9 Å². The van der Waals surface area contributed by atoms with Gasteiger partial charge in [-0.25, -0.2) is 0 Å². The summed E-state index contributed by atoms with van der Waals surface area (Å²) in [6.07, 6.45) is 6.93. The van der Waals surface area contributed by atoms with E-state index in [1.807, 2.05) is 0 Å². The number of nitrogens with one attached hydrogen (secondary N) is 1. The maximum atomic E-state index is 3.50. The van der Waals surface area contributed by atoms with Crippen LogP contribution in [0.5, 0.6) is 0 Å². The molecular weight excluding hydrogens is 208 g/mol. The number of nitrogens with zero attached hydrogens (tertiary/aromatic N) is 1. The van der Waals surface area contributed by atoms with Crippen LogP contribution in [0.2, 0.25) is 0 Å². The Labute approximate surface area is 107 Å².